The van der Waals surface area contributed by atoms with E-state index in [-0.39, 0.29) is 5.82 Å². The standard InChI is InChI=1S/C20H28FN3O2S/c1-4-24(27(25)15(2)3)11-5-10-23-12-8-16(9-13-23)20-18-7-6-17(21)14-19(18)26-22-20/h6-7,14,16H,2,4-5,8-13H2,1,3H3. The van der Waals surface area contributed by atoms with Gasteiger partial charge >= 0.3 is 0 Å². The average molecular weight is 394 g/mol. The van der Waals surface area contributed by atoms with Crippen molar-refractivity contribution in [3.63, 3.8) is 0 Å². The number of hydrogen-bond donors (Lipinski definition) is 0. The zero-order chi connectivity index (χ0) is 19.4. The van der Waals surface area contributed by atoms with E-state index in [0.29, 0.717) is 16.4 Å². The van der Waals surface area contributed by atoms with Crippen LogP contribution in [-0.2, 0) is 11.0 Å². The lowest BCUT2D eigenvalue weighted by molar-refractivity contribution is 0.203. The number of nitrogens with zero attached hydrogens (tertiary/aromatic N) is 3. The summed E-state index contributed by atoms with van der Waals surface area (Å²) in [6.07, 6.45) is 3.03. The zero-order valence-corrected chi connectivity index (χ0v) is 16.9. The van der Waals surface area contributed by atoms with Gasteiger partial charge in [0.2, 0.25) is 0 Å². The van der Waals surface area contributed by atoms with Crippen molar-refractivity contribution in [3.05, 3.63) is 41.2 Å². The van der Waals surface area contributed by atoms with Crippen molar-refractivity contribution < 1.29 is 13.1 Å². The van der Waals surface area contributed by atoms with Crippen molar-refractivity contribution in [1.29, 1.82) is 0 Å². The van der Waals surface area contributed by atoms with Crippen LogP contribution >= 0.6 is 0 Å². The Hall–Kier alpha value is -1.57. The molecule has 3 rings (SSSR count). The van der Waals surface area contributed by atoms with Crippen molar-refractivity contribution in [1.82, 2.24) is 14.4 Å². The molecule has 0 spiro atoms. The summed E-state index contributed by atoms with van der Waals surface area (Å²) in [6.45, 7) is 12.2. The second-order valence-electron chi connectivity index (χ2n) is 7.15. The fraction of sp³-hybridized carbons (Fsp3) is 0.550. The van der Waals surface area contributed by atoms with Gasteiger partial charge in [-0.1, -0.05) is 18.7 Å². The molecule has 0 amide bonds. The number of piperidine rings is 1. The molecule has 1 aromatic heterocycles. The maximum atomic E-state index is 13.3. The van der Waals surface area contributed by atoms with E-state index < -0.39 is 11.0 Å². The highest BCUT2D eigenvalue weighted by Gasteiger charge is 2.25. The molecule has 1 aliphatic heterocycles. The van der Waals surface area contributed by atoms with Crippen LogP contribution in [-0.4, -0.2) is 51.3 Å². The largest absolute Gasteiger partial charge is 0.356 e. The first-order valence-electron chi connectivity index (χ1n) is 9.59. The van der Waals surface area contributed by atoms with E-state index in [1.54, 1.807) is 6.07 Å². The Morgan fingerprint density at radius 3 is 2.85 bits per heavy atom. The van der Waals surface area contributed by atoms with Gasteiger partial charge in [0, 0.05) is 35.4 Å². The molecule has 2 aromatic rings. The Balaban J connectivity index is 1.49. The molecule has 1 unspecified atom stereocenters. The van der Waals surface area contributed by atoms with Gasteiger partial charge in [-0.25, -0.2) is 12.9 Å². The molecule has 1 atom stereocenters. The summed E-state index contributed by atoms with van der Waals surface area (Å²) < 4.78 is 32.7. The van der Waals surface area contributed by atoms with Crippen LogP contribution in [0, 0.1) is 5.82 Å². The predicted molar refractivity (Wildman–Crippen MR) is 107 cm³/mol. The third-order valence-electron chi connectivity index (χ3n) is 5.20. The van der Waals surface area contributed by atoms with E-state index in [2.05, 4.69) is 16.6 Å². The maximum absolute atomic E-state index is 13.3. The van der Waals surface area contributed by atoms with Gasteiger partial charge in [0.25, 0.3) is 0 Å². The molecule has 2 heterocycles. The molecule has 0 radical (unpaired) electrons. The number of aromatic nitrogens is 1. The van der Waals surface area contributed by atoms with Crippen LogP contribution < -0.4 is 0 Å². The Labute approximate surface area is 162 Å². The number of rotatable bonds is 8. The molecular weight excluding hydrogens is 365 g/mol. The third-order valence-corrected chi connectivity index (χ3v) is 6.71. The molecule has 148 valence electrons. The lowest BCUT2D eigenvalue weighted by Crippen LogP contribution is -2.36. The van der Waals surface area contributed by atoms with E-state index in [0.717, 1.165) is 63.1 Å². The number of likely N-dealkylation sites (tertiary alicyclic amines) is 1. The molecule has 1 aromatic carbocycles. The van der Waals surface area contributed by atoms with Crippen LogP contribution in [0.25, 0.3) is 11.0 Å². The van der Waals surface area contributed by atoms with Gasteiger partial charge in [0.1, 0.15) is 16.8 Å². The quantitative estimate of drug-likeness (QED) is 0.679. The van der Waals surface area contributed by atoms with Gasteiger partial charge in [-0.05, 0) is 58.0 Å². The molecule has 0 N–H and O–H groups in total. The summed E-state index contributed by atoms with van der Waals surface area (Å²) >= 11 is 0. The van der Waals surface area contributed by atoms with Crippen molar-refractivity contribution in [2.75, 3.05) is 32.7 Å². The monoisotopic (exact) mass is 393 g/mol. The molecule has 1 fully saturated rings. The van der Waals surface area contributed by atoms with Crippen LogP contribution in [0.3, 0.4) is 0 Å². The second-order valence-corrected chi connectivity index (χ2v) is 8.86. The SMILES string of the molecule is C=C(C)S(=O)N(CC)CCCN1CCC(c2noc3cc(F)ccc23)CC1. The highest BCUT2D eigenvalue weighted by molar-refractivity contribution is 7.86. The van der Waals surface area contributed by atoms with Crippen LogP contribution in [0.5, 0.6) is 0 Å². The molecule has 0 saturated carbocycles. The molecule has 27 heavy (non-hydrogen) atoms. The Morgan fingerprint density at radius 1 is 1.44 bits per heavy atom. The van der Waals surface area contributed by atoms with Crippen molar-refractivity contribution in [2.45, 2.75) is 39.0 Å². The number of fused-ring (bicyclic) bond motifs is 1. The van der Waals surface area contributed by atoms with Gasteiger partial charge in [0.05, 0.1) is 5.69 Å². The summed E-state index contributed by atoms with van der Waals surface area (Å²) in [4.78, 5) is 3.16. The van der Waals surface area contributed by atoms with Gasteiger partial charge < -0.3 is 9.42 Å². The molecule has 1 aliphatic rings. The van der Waals surface area contributed by atoms with Crippen LogP contribution in [0.2, 0.25) is 0 Å². The van der Waals surface area contributed by atoms with Gasteiger partial charge in [-0.2, -0.15) is 0 Å². The highest BCUT2D eigenvalue weighted by Crippen LogP contribution is 2.32. The summed E-state index contributed by atoms with van der Waals surface area (Å²) in [5, 5.41) is 5.14. The fourth-order valence-electron chi connectivity index (χ4n) is 3.70. The molecule has 1 saturated heterocycles. The first kappa shape index (κ1) is 20.2. The number of benzene rings is 1. The minimum absolute atomic E-state index is 0.297. The predicted octanol–water partition coefficient (Wildman–Crippen LogP) is 4.06. The average Bonchev–Trinajstić information content (AvgIpc) is 3.08. The number of halogens is 1. The minimum atomic E-state index is -1.08. The first-order chi connectivity index (χ1) is 13.0. The topological polar surface area (TPSA) is 49.6 Å². The Bertz CT molecular complexity index is 815. The number of hydrogen-bond acceptors (Lipinski definition) is 4. The molecule has 0 aliphatic carbocycles. The summed E-state index contributed by atoms with van der Waals surface area (Å²) in [6, 6.07) is 4.63. The van der Waals surface area contributed by atoms with E-state index in [1.807, 2.05) is 18.2 Å². The third kappa shape index (κ3) is 4.83. The molecule has 7 heteroatoms. The number of allylic oxidation sites excluding steroid dienone is 1. The second kappa shape index (κ2) is 9.08. The van der Waals surface area contributed by atoms with Crippen molar-refractivity contribution in [3.8, 4) is 0 Å². The molecule has 0 bridgehead atoms. The zero-order valence-electron chi connectivity index (χ0n) is 16.1. The summed E-state index contributed by atoms with van der Waals surface area (Å²) in [5.74, 6) is 0.0599. The molecular formula is C20H28FN3O2S. The van der Waals surface area contributed by atoms with Crippen molar-refractivity contribution >= 4 is 22.0 Å². The van der Waals surface area contributed by atoms with Crippen LogP contribution in [0.1, 0.15) is 44.7 Å². The Kier molecular flexibility index (Phi) is 6.78. The van der Waals surface area contributed by atoms with Gasteiger partial charge in [-0.3, -0.25) is 0 Å². The van der Waals surface area contributed by atoms with E-state index in [4.69, 9.17) is 4.52 Å². The normalized spacial score (nSPS) is 17.6. The first-order valence-corrected chi connectivity index (χ1v) is 10.7. The van der Waals surface area contributed by atoms with Crippen LogP contribution in [0.4, 0.5) is 4.39 Å². The minimum Gasteiger partial charge on any atom is -0.356 e. The van der Waals surface area contributed by atoms with E-state index in [9.17, 15) is 8.60 Å². The highest BCUT2D eigenvalue weighted by atomic mass is 32.2. The smallest absolute Gasteiger partial charge is 0.170 e. The van der Waals surface area contributed by atoms with E-state index >= 15 is 0 Å². The Morgan fingerprint density at radius 2 is 2.19 bits per heavy atom. The van der Waals surface area contributed by atoms with Crippen molar-refractivity contribution in [2.24, 2.45) is 0 Å². The maximum Gasteiger partial charge on any atom is 0.170 e. The summed E-state index contributed by atoms with van der Waals surface area (Å²) in [5.41, 5.74) is 1.48. The lowest BCUT2D eigenvalue weighted by atomic mass is 9.91. The molecule has 5 nitrogen and oxygen atoms in total. The summed E-state index contributed by atoms with van der Waals surface area (Å²) in [7, 11) is -1.08. The lowest BCUT2D eigenvalue weighted by Gasteiger charge is -2.31. The fourth-order valence-corrected chi connectivity index (χ4v) is 4.67. The van der Waals surface area contributed by atoms with Gasteiger partial charge in [-0.15, -0.1) is 0 Å². The van der Waals surface area contributed by atoms with Crippen LogP contribution in [0.15, 0.2) is 34.2 Å². The van der Waals surface area contributed by atoms with E-state index in [1.165, 1.54) is 12.1 Å². The van der Waals surface area contributed by atoms with Gasteiger partial charge in [0.15, 0.2) is 5.58 Å².